The lowest BCUT2D eigenvalue weighted by Crippen LogP contribution is -2.14. The van der Waals surface area contributed by atoms with Crippen molar-refractivity contribution in [2.45, 2.75) is 13.3 Å². The Morgan fingerprint density at radius 3 is 2.33 bits per heavy atom. The third-order valence-corrected chi connectivity index (χ3v) is 5.12. The summed E-state index contributed by atoms with van der Waals surface area (Å²) in [5.74, 6) is -0.369. The highest BCUT2D eigenvalue weighted by atomic mass is 35.5. The molecule has 0 atom stereocenters. The van der Waals surface area contributed by atoms with Gasteiger partial charge in [0, 0.05) is 33.6 Å². The van der Waals surface area contributed by atoms with Crippen molar-refractivity contribution in [3.8, 4) is 11.3 Å². The lowest BCUT2D eigenvalue weighted by molar-refractivity contribution is -0.116. The Hall–Kier alpha value is -2.41. The number of amides is 2. The molecule has 1 heterocycles. The van der Waals surface area contributed by atoms with E-state index in [2.05, 4.69) is 15.6 Å². The molecular weight excluding hydrogens is 405 g/mol. The molecule has 2 N–H and O–H groups in total. The minimum atomic E-state index is -0.244. The first-order valence-electron chi connectivity index (χ1n) is 7.98. The molecule has 1 aromatic heterocycles. The molecule has 2 amide bonds. The van der Waals surface area contributed by atoms with Crippen LogP contribution in [0.15, 0.2) is 47.8 Å². The number of rotatable bonds is 5. The van der Waals surface area contributed by atoms with Crippen molar-refractivity contribution in [1.82, 2.24) is 4.98 Å². The maximum absolute atomic E-state index is 12.3. The second-order valence-corrected chi connectivity index (χ2v) is 7.39. The van der Waals surface area contributed by atoms with Crippen molar-refractivity contribution >= 4 is 57.2 Å². The van der Waals surface area contributed by atoms with Gasteiger partial charge in [0.15, 0.2) is 5.13 Å². The predicted molar refractivity (Wildman–Crippen MR) is 111 cm³/mol. The number of aromatic nitrogens is 1. The zero-order valence-electron chi connectivity index (χ0n) is 14.3. The van der Waals surface area contributed by atoms with E-state index in [0.29, 0.717) is 26.4 Å². The van der Waals surface area contributed by atoms with Gasteiger partial charge in [-0.1, -0.05) is 41.4 Å². The number of nitrogens with zero attached hydrogens (tertiary/aromatic N) is 1. The van der Waals surface area contributed by atoms with Gasteiger partial charge in [-0.2, -0.15) is 0 Å². The van der Waals surface area contributed by atoms with E-state index in [1.165, 1.54) is 18.3 Å². The van der Waals surface area contributed by atoms with Crippen LogP contribution >= 0.6 is 34.5 Å². The van der Waals surface area contributed by atoms with E-state index < -0.39 is 0 Å². The van der Waals surface area contributed by atoms with Crippen LogP contribution in [-0.4, -0.2) is 16.8 Å². The van der Waals surface area contributed by atoms with E-state index >= 15 is 0 Å². The van der Waals surface area contributed by atoms with Crippen LogP contribution in [0.5, 0.6) is 0 Å². The number of benzene rings is 2. The molecule has 0 unspecified atom stereocenters. The maximum atomic E-state index is 12.3. The molecule has 0 aliphatic rings. The van der Waals surface area contributed by atoms with Gasteiger partial charge < -0.3 is 10.6 Å². The second kappa shape index (κ2) is 8.52. The molecule has 0 aliphatic heterocycles. The zero-order valence-corrected chi connectivity index (χ0v) is 16.6. The molecule has 5 nitrogen and oxygen atoms in total. The quantitative estimate of drug-likeness (QED) is 0.592. The van der Waals surface area contributed by atoms with E-state index in [-0.39, 0.29) is 18.2 Å². The molecule has 0 fully saturated rings. The van der Waals surface area contributed by atoms with Crippen LogP contribution in [0.4, 0.5) is 10.8 Å². The van der Waals surface area contributed by atoms with Gasteiger partial charge in [0.2, 0.25) is 11.8 Å². The third-order valence-electron chi connectivity index (χ3n) is 3.65. The summed E-state index contributed by atoms with van der Waals surface area (Å²) in [6.45, 7) is 1.46. The van der Waals surface area contributed by atoms with Gasteiger partial charge in [-0.15, -0.1) is 11.3 Å². The molecule has 0 aliphatic carbocycles. The average molecular weight is 420 g/mol. The van der Waals surface area contributed by atoms with Gasteiger partial charge >= 0.3 is 0 Å². The summed E-state index contributed by atoms with van der Waals surface area (Å²) >= 11 is 13.5. The van der Waals surface area contributed by atoms with Crippen molar-refractivity contribution in [1.29, 1.82) is 0 Å². The molecule has 0 saturated carbocycles. The minimum absolute atomic E-state index is 0.0683. The molecule has 0 spiro atoms. The van der Waals surface area contributed by atoms with Crippen LogP contribution in [0.1, 0.15) is 12.5 Å². The molecule has 2 aromatic carbocycles. The lowest BCUT2D eigenvalue weighted by atomic mass is 10.1. The molecule has 138 valence electrons. The van der Waals surface area contributed by atoms with Crippen LogP contribution in [0.3, 0.4) is 0 Å². The number of halogens is 2. The smallest absolute Gasteiger partial charge is 0.230 e. The third kappa shape index (κ3) is 5.07. The molecule has 3 aromatic rings. The zero-order chi connectivity index (χ0) is 19.4. The Balaban J connectivity index is 1.67. The summed E-state index contributed by atoms with van der Waals surface area (Å²) in [6.07, 6.45) is 0.0683. The first-order chi connectivity index (χ1) is 12.9. The van der Waals surface area contributed by atoms with Crippen molar-refractivity contribution in [2.75, 3.05) is 10.6 Å². The first-order valence-corrected chi connectivity index (χ1v) is 9.62. The summed E-state index contributed by atoms with van der Waals surface area (Å²) in [6, 6.07) is 12.4. The van der Waals surface area contributed by atoms with Gasteiger partial charge in [0.1, 0.15) is 0 Å². The van der Waals surface area contributed by atoms with Crippen LogP contribution in [0, 0.1) is 0 Å². The van der Waals surface area contributed by atoms with Gasteiger partial charge in [0.05, 0.1) is 12.1 Å². The second-order valence-electron chi connectivity index (χ2n) is 5.72. The SMILES string of the molecule is CC(=O)Nc1ccc(-c2csc(NC(=O)Cc3c(Cl)cccc3Cl)n2)cc1. The number of thiazole rings is 1. The first kappa shape index (κ1) is 19.4. The van der Waals surface area contributed by atoms with E-state index in [1.807, 2.05) is 17.5 Å². The van der Waals surface area contributed by atoms with E-state index in [9.17, 15) is 9.59 Å². The van der Waals surface area contributed by atoms with Crippen molar-refractivity contribution in [2.24, 2.45) is 0 Å². The summed E-state index contributed by atoms with van der Waals surface area (Å²) in [4.78, 5) is 27.8. The molecule has 0 radical (unpaired) electrons. The largest absolute Gasteiger partial charge is 0.326 e. The maximum Gasteiger partial charge on any atom is 0.230 e. The summed E-state index contributed by atoms with van der Waals surface area (Å²) in [5, 5.41) is 8.73. The molecule has 0 bridgehead atoms. The Kier molecular flexibility index (Phi) is 6.11. The van der Waals surface area contributed by atoms with Crippen molar-refractivity contribution in [3.63, 3.8) is 0 Å². The topological polar surface area (TPSA) is 71.1 Å². The summed E-state index contributed by atoms with van der Waals surface area (Å²) < 4.78 is 0. The van der Waals surface area contributed by atoms with Gasteiger partial charge in [-0.05, 0) is 29.8 Å². The highest BCUT2D eigenvalue weighted by Crippen LogP contribution is 2.27. The predicted octanol–water partition coefficient (Wildman–Crippen LogP) is 5.26. The lowest BCUT2D eigenvalue weighted by Gasteiger charge is -2.06. The van der Waals surface area contributed by atoms with Crippen LogP contribution in [0.25, 0.3) is 11.3 Å². The highest BCUT2D eigenvalue weighted by molar-refractivity contribution is 7.14. The van der Waals surface area contributed by atoms with E-state index in [1.54, 1.807) is 30.3 Å². The Morgan fingerprint density at radius 2 is 1.70 bits per heavy atom. The Bertz CT molecular complexity index is 967. The van der Waals surface area contributed by atoms with Gasteiger partial charge in [-0.25, -0.2) is 4.98 Å². The fraction of sp³-hybridized carbons (Fsp3) is 0.105. The number of nitrogens with one attached hydrogen (secondary N) is 2. The monoisotopic (exact) mass is 419 g/mol. The van der Waals surface area contributed by atoms with Crippen LogP contribution in [-0.2, 0) is 16.0 Å². The Labute approximate surface area is 170 Å². The van der Waals surface area contributed by atoms with E-state index in [4.69, 9.17) is 23.2 Å². The number of carbonyl (C=O) groups is 2. The standard InChI is InChI=1S/C19H15Cl2N3O2S/c1-11(25)22-13-7-5-12(6-8-13)17-10-27-19(23-17)24-18(26)9-14-15(20)3-2-4-16(14)21/h2-8,10H,9H2,1H3,(H,22,25)(H,23,24,26). The Morgan fingerprint density at radius 1 is 1.04 bits per heavy atom. The molecular formula is C19H15Cl2N3O2S. The van der Waals surface area contributed by atoms with Crippen molar-refractivity contribution in [3.05, 3.63) is 63.5 Å². The number of hydrogen-bond donors (Lipinski definition) is 2. The van der Waals surface area contributed by atoms with Gasteiger partial charge in [-0.3, -0.25) is 9.59 Å². The molecule has 27 heavy (non-hydrogen) atoms. The normalized spacial score (nSPS) is 10.5. The average Bonchev–Trinajstić information content (AvgIpc) is 3.07. The van der Waals surface area contributed by atoms with Gasteiger partial charge in [0.25, 0.3) is 0 Å². The molecule has 8 heteroatoms. The fourth-order valence-corrected chi connectivity index (χ4v) is 3.68. The fourth-order valence-electron chi connectivity index (χ4n) is 2.42. The van der Waals surface area contributed by atoms with Crippen molar-refractivity contribution < 1.29 is 9.59 Å². The van der Waals surface area contributed by atoms with Crippen LogP contribution in [0.2, 0.25) is 10.0 Å². The van der Waals surface area contributed by atoms with E-state index in [0.717, 1.165) is 11.3 Å². The number of anilines is 2. The summed E-state index contributed by atoms with van der Waals surface area (Å²) in [7, 11) is 0. The van der Waals surface area contributed by atoms with Crippen LogP contribution < -0.4 is 10.6 Å². The number of hydrogen-bond acceptors (Lipinski definition) is 4. The molecule has 3 rings (SSSR count). The molecule has 0 saturated heterocycles. The minimum Gasteiger partial charge on any atom is -0.326 e. The highest BCUT2D eigenvalue weighted by Gasteiger charge is 2.13. The number of carbonyl (C=O) groups excluding carboxylic acids is 2. The summed E-state index contributed by atoms with van der Waals surface area (Å²) in [5.41, 5.74) is 2.92.